The van der Waals surface area contributed by atoms with Gasteiger partial charge in [0.1, 0.15) is 0 Å². The van der Waals surface area contributed by atoms with Gasteiger partial charge in [0.2, 0.25) is 0 Å². The number of sulfone groups is 1. The van der Waals surface area contributed by atoms with E-state index < -0.39 is 9.84 Å². The molecule has 0 bridgehead atoms. The van der Waals surface area contributed by atoms with Gasteiger partial charge in [0.15, 0.2) is 9.84 Å². The van der Waals surface area contributed by atoms with Crippen LogP contribution in [0.25, 0.3) is 10.9 Å². The van der Waals surface area contributed by atoms with Crippen molar-refractivity contribution in [1.29, 1.82) is 0 Å². The Hall–Kier alpha value is -2.60. The van der Waals surface area contributed by atoms with Crippen molar-refractivity contribution in [1.82, 2.24) is 9.88 Å². The molecule has 1 amide bonds. The Morgan fingerprint density at radius 1 is 1.04 bits per heavy atom. The van der Waals surface area contributed by atoms with Crippen molar-refractivity contribution in [3.63, 3.8) is 0 Å². The molecule has 0 aliphatic carbocycles. The zero-order chi connectivity index (χ0) is 19.6. The molecule has 0 aliphatic rings. The summed E-state index contributed by atoms with van der Waals surface area (Å²) in [7, 11) is -3.20. The second-order valence-corrected chi connectivity index (χ2v) is 8.81. The van der Waals surface area contributed by atoms with Crippen LogP contribution in [-0.4, -0.2) is 24.6 Å². The van der Waals surface area contributed by atoms with Gasteiger partial charge in [-0.3, -0.25) is 4.79 Å². The number of aryl methyl sites for hydroxylation is 2. The van der Waals surface area contributed by atoms with Crippen LogP contribution in [0, 0.1) is 6.92 Å². The highest BCUT2D eigenvalue weighted by Gasteiger charge is 2.12. The average molecular weight is 385 g/mol. The number of fused-ring (bicyclic) bond motifs is 1. The number of nitrogens with zero attached hydrogens (tertiary/aromatic N) is 1. The summed E-state index contributed by atoms with van der Waals surface area (Å²) < 4.78 is 25.9. The highest BCUT2D eigenvalue weighted by atomic mass is 32.2. The molecule has 1 heterocycles. The minimum absolute atomic E-state index is 0.0742. The molecular weight excluding hydrogens is 360 g/mol. The lowest BCUT2D eigenvalue weighted by Gasteiger charge is -2.08. The minimum Gasteiger partial charge on any atom is -0.348 e. The van der Waals surface area contributed by atoms with Crippen molar-refractivity contribution in [2.24, 2.45) is 0 Å². The lowest BCUT2D eigenvalue weighted by atomic mass is 10.1. The van der Waals surface area contributed by atoms with Gasteiger partial charge in [-0.2, -0.15) is 0 Å². The molecule has 2 aromatic carbocycles. The zero-order valence-corrected chi connectivity index (χ0v) is 16.6. The predicted molar refractivity (Wildman–Crippen MR) is 108 cm³/mol. The van der Waals surface area contributed by atoms with Gasteiger partial charge < -0.3 is 9.88 Å². The fourth-order valence-corrected chi connectivity index (χ4v) is 4.12. The first-order chi connectivity index (χ1) is 12.9. The van der Waals surface area contributed by atoms with Gasteiger partial charge in [-0.15, -0.1) is 0 Å². The summed E-state index contributed by atoms with van der Waals surface area (Å²) in [6.07, 6.45) is 0. The van der Waals surface area contributed by atoms with E-state index in [1.807, 2.05) is 18.2 Å². The molecule has 1 N–H and O–H groups in total. The largest absolute Gasteiger partial charge is 0.348 e. The predicted octanol–water partition coefficient (Wildman–Crippen LogP) is 3.69. The molecule has 0 aliphatic heterocycles. The van der Waals surface area contributed by atoms with E-state index in [1.54, 1.807) is 31.2 Å². The standard InChI is InChI=1S/C21H24N2O3S/c1-4-23-15(3)12-18-13-17(8-11-20(18)23)21(24)22-14-16-6-9-19(10-7-16)27(25,26)5-2/h6-13H,4-5,14H2,1-3H3,(H,22,24). The van der Waals surface area contributed by atoms with E-state index in [4.69, 9.17) is 0 Å². The lowest BCUT2D eigenvalue weighted by Crippen LogP contribution is -2.22. The summed E-state index contributed by atoms with van der Waals surface area (Å²) in [5.74, 6) is -0.0748. The Balaban J connectivity index is 1.71. The van der Waals surface area contributed by atoms with Gasteiger partial charge in [0.05, 0.1) is 10.6 Å². The Kier molecular flexibility index (Phi) is 5.37. The summed E-state index contributed by atoms with van der Waals surface area (Å²) in [5, 5.41) is 3.94. The van der Waals surface area contributed by atoms with Crippen LogP contribution in [0.2, 0.25) is 0 Å². The number of hydrogen-bond acceptors (Lipinski definition) is 3. The smallest absolute Gasteiger partial charge is 0.251 e. The van der Waals surface area contributed by atoms with Crippen molar-refractivity contribution in [2.75, 3.05) is 5.75 Å². The highest BCUT2D eigenvalue weighted by molar-refractivity contribution is 7.91. The van der Waals surface area contributed by atoms with Crippen LogP contribution in [0.4, 0.5) is 0 Å². The van der Waals surface area contributed by atoms with Crippen LogP contribution >= 0.6 is 0 Å². The second-order valence-electron chi connectivity index (χ2n) is 6.53. The lowest BCUT2D eigenvalue weighted by molar-refractivity contribution is 0.0951. The van der Waals surface area contributed by atoms with Gasteiger partial charge in [-0.05, 0) is 55.8 Å². The molecule has 0 saturated heterocycles. The van der Waals surface area contributed by atoms with Gasteiger partial charge in [0, 0.05) is 35.2 Å². The Morgan fingerprint density at radius 2 is 1.74 bits per heavy atom. The summed E-state index contributed by atoms with van der Waals surface area (Å²) in [6.45, 7) is 7.02. The highest BCUT2D eigenvalue weighted by Crippen LogP contribution is 2.21. The molecule has 0 unspecified atom stereocenters. The Morgan fingerprint density at radius 3 is 2.37 bits per heavy atom. The van der Waals surface area contributed by atoms with Gasteiger partial charge in [-0.1, -0.05) is 19.1 Å². The maximum absolute atomic E-state index is 12.5. The number of amides is 1. The third kappa shape index (κ3) is 3.90. The molecule has 27 heavy (non-hydrogen) atoms. The number of rotatable bonds is 6. The average Bonchev–Trinajstić information content (AvgIpc) is 3.00. The van der Waals surface area contributed by atoms with E-state index in [9.17, 15) is 13.2 Å². The fraction of sp³-hybridized carbons (Fsp3) is 0.286. The molecule has 3 rings (SSSR count). The first-order valence-electron chi connectivity index (χ1n) is 9.05. The van der Waals surface area contributed by atoms with E-state index in [-0.39, 0.29) is 11.7 Å². The van der Waals surface area contributed by atoms with Crippen molar-refractivity contribution in [2.45, 2.75) is 38.8 Å². The number of aromatic nitrogens is 1. The molecule has 1 aromatic heterocycles. The van der Waals surface area contributed by atoms with Crippen LogP contribution in [0.15, 0.2) is 53.4 Å². The quantitative estimate of drug-likeness (QED) is 0.705. The van der Waals surface area contributed by atoms with Crippen molar-refractivity contribution in [3.8, 4) is 0 Å². The van der Waals surface area contributed by atoms with Crippen LogP contribution in [0.5, 0.6) is 0 Å². The maximum Gasteiger partial charge on any atom is 0.251 e. The summed E-state index contributed by atoms with van der Waals surface area (Å²) in [4.78, 5) is 12.8. The first kappa shape index (κ1) is 19.2. The Labute approximate surface area is 159 Å². The molecule has 3 aromatic rings. The molecule has 0 saturated carbocycles. The monoisotopic (exact) mass is 384 g/mol. The zero-order valence-electron chi connectivity index (χ0n) is 15.8. The third-order valence-corrected chi connectivity index (χ3v) is 6.55. The molecule has 0 atom stereocenters. The van der Waals surface area contributed by atoms with Crippen LogP contribution in [0.3, 0.4) is 0 Å². The van der Waals surface area contributed by atoms with E-state index in [0.29, 0.717) is 17.0 Å². The third-order valence-electron chi connectivity index (χ3n) is 4.80. The minimum atomic E-state index is -3.20. The topological polar surface area (TPSA) is 68.2 Å². The number of nitrogens with one attached hydrogen (secondary N) is 1. The molecule has 0 fully saturated rings. The molecule has 0 radical (unpaired) electrons. The SMILES string of the molecule is CCn1c(C)cc2cc(C(=O)NCc3ccc(S(=O)(=O)CC)cc3)ccc21. The number of carbonyl (C=O) groups is 1. The van der Waals surface area contributed by atoms with Gasteiger partial charge in [0.25, 0.3) is 5.91 Å². The van der Waals surface area contributed by atoms with E-state index in [2.05, 4.69) is 29.8 Å². The number of hydrogen-bond donors (Lipinski definition) is 1. The maximum atomic E-state index is 12.5. The van der Waals surface area contributed by atoms with E-state index in [0.717, 1.165) is 23.0 Å². The normalized spacial score (nSPS) is 11.7. The van der Waals surface area contributed by atoms with Crippen molar-refractivity contribution < 1.29 is 13.2 Å². The molecule has 6 heteroatoms. The van der Waals surface area contributed by atoms with E-state index in [1.165, 1.54) is 5.69 Å². The Bertz CT molecular complexity index is 1080. The second kappa shape index (κ2) is 7.56. The van der Waals surface area contributed by atoms with Gasteiger partial charge >= 0.3 is 0 Å². The van der Waals surface area contributed by atoms with Gasteiger partial charge in [-0.25, -0.2) is 8.42 Å². The molecular formula is C21H24N2O3S. The molecule has 142 valence electrons. The first-order valence-corrected chi connectivity index (χ1v) is 10.7. The molecule has 5 nitrogen and oxygen atoms in total. The fourth-order valence-electron chi connectivity index (χ4n) is 3.24. The number of carbonyl (C=O) groups excluding carboxylic acids is 1. The summed E-state index contributed by atoms with van der Waals surface area (Å²) >= 11 is 0. The summed E-state index contributed by atoms with van der Waals surface area (Å²) in [5.41, 5.74) is 3.76. The van der Waals surface area contributed by atoms with E-state index >= 15 is 0 Å². The van der Waals surface area contributed by atoms with Crippen molar-refractivity contribution in [3.05, 3.63) is 65.4 Å². The number of benzene rings is 2. The van der Waals surface area contributed by atoms with Crippen LogP contribution in [-0.2, 0) is 22.9 Å². The van der Waals surface area contributed by atoms with Crippen molar-refractivity contribution >= 4 is 26.6 Å². The van der Waals surface area contributed by atoms with Crippen LogP contribution < -0.4 is 5.32 Å². The summed E-state index contributed by atoms with van der Waals surface area (Å²) in [6, 6.07) is 14.4. The molecule has 0 spiro atoms. The van der Waals surface area contributed by atoms with Crippen LogP contribution in [0.1, 0.15) is 35.5 Å².